The van der Waals surface area contributed by atoms with Crippen LogP contribution in [0.4, 0.5) is 0 Å². The first kappa shape index (κ1) is 19.1. The maximum Gasteiger partial charge on any atom is 0.252 e. The number of rotatable bonds is 5. The molecule has 2 atom stereocenters. The topological polar surface area (TPSA) is 82.3 Å². The smallest absolute Gasteiger partial charge is 0.252 e. The van der Waals surface area contributed by atoms with Crippen LogP contribution in [0.1, 0.15) is 67.8 Å². The van der Waals surface area contributed by atoms with E-state index >= 15 is 0 Å². The number of hydrogen-bond acceptors (Lipinski definition) is 4. The summed E-state index contributed by atoms with van der Waals surface area (Å²) in [5.74, 6) is 2.50. The van der Waals surface area contributed by atoms with Crippen molar-refractivity contribution < 1.29 is 9.59 Å². The van der Waals surface area contributed by atoms with Crippen LogP contribution in [0.15, 0.2) is 24.3 Å². The third kappa shape index (κ3) is 3.80. The van der Waals surface area contributed by atoms with Gasteiger partial charge in [-0.15, -0.1) is 0 Å². The summed E-state index contributed by atoms with van der Waals surface area (Å²) >= 11 is 0. The average molecular weight is 397 g/mol. The molecular formula is C23H32N4O2. The van der Waals surface area contributed by atoms with Gasteiger partial charge in [-0.25, -0.2) is 5.43 Å². The van der Waals surface area contributed by atoms with Crippen molar-refractivity contribution in [1.29, 1.82) is 0 Å². The van der Waals surface area contributed by atoms with Gasteiger partial charge in [0, 0.05) is 23.6 Å². The van der Waals surface area contributed by atoms with Crippen LogP contribution in [0, 0.1) is 23.2 Å². The number of carbonyl (C=O) groups excluding carboxylic acids is 2. The Bertz CT molecular complexity index is 755. The van der Waals surface area contributed by atoms with E-state index in [4.69, 9.17) is 0 Å². The number of hydrogen-bond donors (Lipinski definition) is 4. The fraction of sp³-hybridized carbons (Fsp3) is 0.652. The maximum absolute atomic E-state index is 13.1. The minimum atomic E-state index is -0.103. The van der Waals surface area contributed by atoms with Gasteiger partial charge in [-0.2, -0.15) is 0 Å². The van der Waals surface area contributed by atoms with Crippen molar-refractivity contribution in [3.8, 4) is 0 Å². The molecule has 4 saturated carbocycles. The van der Waals surface area contributed by atoms with Gasteiger partial charge >= 0.3 is 0 Å². The Balaban J connectivity index is 1.15. The molecule has 6 heteroatoms. The monoisotopic (exact) mass is 396 g/mol. The van der Waals surface area contributed by atoms with Crippen LogP contribution < -0.4 is 21.5 Å². The van der Waals surface area contributed by atoms with Crippen LogP contribution >= 0.6 is 0 Å². The van der Waals surface area contributed by atoms with Gasteiger partial charge in [0.15, 0.2) is 0 Å². The Hall–Kier alpha value is -1.92. The lowest BCUT2D eigenvalue weighted by Gasteiger charge is -2.55. The lowest BCUT2D eigenvalue weighted by atomic mass is 9.49. The molecule has 0 aromatic heterocycles. The van der Waals surface area contributed by atoms with Crippen LogP contribution in [0.3, 0.4) is 0 Å². The van der Waals surface area contributed by atoms with E-state index in [2.05, 4.69) is 28.4 Å². The Labute approximate surface area is 172 Å². The lowest BCUT2D eigenvalue weighted by Crippen LogP contribution is -2.53. The van der Waals surface area contributed by atoms with Gasteiger partial charge in [0.05, 0.1) is 6.17 Å². The van der Waals surface area contributed by atoms with Crippen molar-refractivity contribution >= 4 is 11.8 Å². The van der Waals surface area contributed by atoms with E-state index in [0.717, 1.165) is 49.0 Å². The molecule has 1 aliphatic heterocycles. The summed E-state index contributed by atoms with van der Waals surface area (Å²) in [6.45, 7) is 2.61. The molecule has 2 unspecified atom stereocenters. The minimum Gasteiger partial charge on any atom is -0.352 e. The van der Waals surface area contributed by atoms with Gasteiger partial charge in [0.2, 0.25) is 5.91 Å². The molecule has 5 aliphatic rings. The molecule has 1 aromatic carbocycles. The standard InChI is InChI=1S/C23H32N4O2/c1-14-6-20(27-26-14)25-21(28)19-4-2-15(3-5-19)13-24-22(29)23-10-16-7-17(11-23)9-18(8-16)12-23/h2-5,14,16-18,20,26-27H,6-13H2,1H3,(H,24,29)(H,25,28). The lowest BCUT2D eigenvalue weighted by molar-refractivity contribution is -0.146. The van der Waals surface area contributed by atoms with Crippen molar-refractivity contribution in [3.05, 3.63) is 35.4 Å². The molecule has 29 heavy (non-hydrogen) atoms. The summed E-state index contributed by atoms with van der Waals surface area (Å²) in [5, 5.41) is 6.20. The summed E-state index contributed by atoms with van der Waals surface area (Å²) in [5.41, 5.74) is 7.75. The second-order valence-electron chi connectivity index (χ2n) is 10.0. The summed E-state index contributed by atoms with van der Waals surface area (Å²) in [6.07, 6.45) is 8.13. The molecule has 4 N–H and O–H groups in total. The molecule has 5 fully saturated rings. The van der Waals surface area contributed by atoms with Crippen molar-refractivity contribution in [3.63, 3.8) is 0 Å². The van der Waals surface area contributed by atoms with E-state index in [-0.39, 0.29) is 23.4 Å². The molecule has 0 spiro atoms. The summed E-state index contributed by atoms with van der Waals surface area (Å²) < 4.78 is 0. The Morgan fingerprint density at radius 3 is 2.14 bits per heavy atom. The predicted molar refractivity (Wildman–Crippen MR) is 110 cm³/mol. The molecule has 6 rings (SSSR count). The highest BCUT2D eigenvalue weighted by Crippen LogP contribution is 2.60. The number of nitrogens with one attached hydrogen (secondary N) is 4. The molecule has 0 radical (unpaired) electrons. The first-order valence-electron chi connectivity index (χ1n) is 11.2. The zero-order valence-corrected chi connectivity index (χ0v) is 17.2. The van der Waals surface area contributed by atoms with Gasteiger partial charge < -0.3 is 10.6 Å². The SMILES string of the molecule is CC1CC(NC(=O)c2ccc(CNC(=O)C34CC5CC(CC(C5)C3)C4)cc2)NN1. The fourth-order valence-electron chi connectivity index (χ4n) is 6.58. The molecule has 1 saturated heterocycles. The normalized spacial score (nSPS) is 37.5. The largest absolute Gasteiger partial charge is 0.352 e. The van der Waals surface area contributed by atoms with E-state index in [1.807, 2.05) is 24.3 Å². The molecule has 2 amide bonds. The molecule has 1 heterocycles. The number of carbonyl (C=O) groups is 2. The number of hydrazine groups is 1. The van der Waals surface area contributed by atoms with Gasteiger partial charge in [0.1, 0.15) is 0 Å². The second kappa shape index (κ2) is 7.40. The van der Waals surface area contributed by atoms with Crippen molar-refractivity contribution in [1.82, 2.24) is 21.5 Å². The van der Waals surface area contributed by atoms with Gasteiger partial charge in [-0.3, -0.25) is 15.0 Å². The molecule has 4 bridgehead atoms. The predicted octanol–water partition coefficient (Wildman–Crippen LogP) is 2.46. The molecule has 1 aromatic rings. The summed E-state index contributed by atoms with van der Waals surface area (Å²) in [7, 11) is 0. The first-order chi connectivity index (χ1) is 14.0. The van der Waals surface area contributed by atoms with E-state index < -0.39 is 0 Å². The Morgan fingerprint density at radius 1 is 0.966 bits per heavy atom. The van der Waals surface area contributed by atoms with Crippen LogP contribution in [-0.4, -0.2) is 24.0 Å². The van der Waals surface area contributed by atoms with Gasteiger partial charge in [-0.05, 0) is 87.3 Å². The zero-order chi connectivity index (χ0) is 20.0. The highest BCUT2D eigenvalue weighted by Gasteiger charge is 2.54. The van der Waals surface area contributed by atoms with Crippen molar-refractivity contribution in [2.45, 2.75) is 70.6 Å². The number of benzene rings is 1. The quantitative estimate of drug-likeness (QED) is 0.616. The minimum absolute atomic E-state index is 0.0447. The Kier molecular flexibility index (Phi) is 4.87. The van der Waals surface area contributed by atoms with E-state index in [9.17, 15) is 9.59 Å². The molecule has 156 valence electrons. The second-order valence-corrected chi connectivity index (χ2v) is 10.0. The number of amides is 2. The van der Waals surface area contributed by atoms with Crippen LogP contribution in [0.25, 0.3) is 0 Å². The molecule has 4 aliphatic carbocycles. The summed E-state index contributed by atoms with van der Waals surface area (Å²) in [6, 6.07) is 7.91. The van der Waals surface area contributed by atoms with E-state index in [1.54, 1.807) is 0 Å². The zero-order valence-electron chi connectivity index (χ0n) is 17.2. The summed E-state index contributed by atoms with van der Waals surface area (Å²) in [4.78, 5) is 25.5. The van der Waals surface area contributed by atoms with E-state index in [0.29, 0.717) is 18.2 Å². The van der Waals surface area contributed by atoms with Gasteiger partial charge in [-0.1, -0.05) is 12.1 Å². The fourth-order valence-corrected chi connectivity index (χ4v) is 6.58. The highest BCUT2D eigenvalue weighted by atomic mass is 16.2. The van der Waals surface area contributed by atoms with E-state index in [1.165, 1.54) is 19.3 Å². The maximum atomic E-state index is 13.1. The first-order valence-corrected chi connectivity index (χ1v) is 11.2. The van der Waals surface area contributed by atoms with Crippen LogP contribution in [-0.2, 0) is 11.3 Å². The Morgan fingerprint density at radius 2 is 1.59 bits per heavy atom. The van der Waals surface area contributed by atoms with Crippen LogP contribution in [0.5, 0.6) is 0 Å². The average Bonchev–Trinajstić information content (AvgIpc) is 3.10. The van der Waals surface area contributed by atoms with Crippen LogP contribution in [0.2, 0.25) is 0 Å². The highest BCUT2D eigenvalue weighted by molar-refractivity contribution is 5.94. The molecule has 6 nitrogen and oxygen atoms in total. The van der Waals surface area contributed by atoms with Gasteiger partial charge in [0.25, 0.3) is 5.91 Å². The third-order valence-electron chi connectivity index (χ3n) is 7.59. The molecular weight excluding hydrogens is 364 g/mol. The van der Waals surface area contributed by atoms with Crippen molar-refractivity contribution in [2.75, 3.05) is 0 Å². The van der Waals surface area contributed by atoms with Crippen molar-refractivity contribution in [2.24, 2.45) is 23.2 Å². The third-order valence-corrected chi connectivity index (χ3v) is 7.59.